The molecule has 1 aromatic heterocycles. The van der Waals surface area contributed by atoms with E-state index in [0.717, 1.165) is 6.20 Å². The summed E-state index contributed by atoms with van der Waals surface area (Å²) >= 11 is 5.40. The average molecular weight is 207 g/mol. The third-order valence-electron chi connectivity index (χ3n) is 1.37. The smallest absolute Gasteiger partial charge is 0.364 e. The molecule has 0 atom stereocenters. The first-order valence-corrected chi connectivity index (χ1v) is 3.62. The first-order valence-electron chi connectivity index (χ1n) is 3.25. The largest absolute Gasteiger partial charge is 0.367 e. The van der Waals surface area contributed by atoms with Crippen molar-refractivity contribution < 1.29 is 13.6 Å². The van der Waals surface area contributed by atoms with Crippen molar-refractivity contribution in [2.45, 2.75) is 5.92 Å². The minimum atomic E-state index is -3.82. The van der Waals surface area contributed by atoms with Crippen LogP contribution in [0.2, 0.25) is 5.02 Å². The summed E-state index contributed by atoms with van der Waals surface area (Å²) in [6, 6.07) is 2.59. The van der Waals surface area contributed by atoms with Gasteiger partial charge in [0.15, 0.2) is 0 Å². The van der Waals surface area contributed by atoms with Crippen LogP contribution in [0.25, 0.3) is 0 Å². The lowest BCUT2D eigenvalue weighted by Crippen LogP contribution is -2.34. The van der Waals surface area contributed by atoms with Crippen molar-refractivity contribution in [3.63, 3.8) is 0 Å². The highest BCUT2D eigenvalue weighted by molar-refractivity contribution is 6.31. The summed E-state index contributed by atoms with van der Waals surface area (Å²) in [7, 11) is 0. The van der Waals surface area contributed by atoms with Gasteiger partial charge >= 0.3 is 5.92 Å². The zero-order valence-electron chi connectivity index (χ0n) is 6.30. The molecule has 1 aromatic rings. The molecule has 0 unspecified atom stereocenters. The molecule has 1 amide bonds. The molecule has 0 bridgehead atoms. The van der Waals surface area contributed by atoms with Crippen molar-refractivity contribution >= 4 is 17.5 Å². The van der Waals surface area contributed by atoms with Gasteiger partial charge in [-0.2, -0.15) is 8.78 Å². The number of aromatic nitrogens is 1. The van der Waals surface area contributed by atoms with E-state index < -0.39 is 17.5 Å². The fourth-order valence-electron chi connectivity index (χ4n) is 0.733. The number of carbonyl (C=O) groups excluding carboxylic acids is 1. The Morgan fingerprint density at radius 3 is 2.69 bits per heavy atom. The lowest BCUT2D eigenvalue weighted by molar-refractivity contribution is -0.143. The number of hydrogen-bond donors (Lipinski definition) is 1. The van der Waals surface area contributed by atoms with Gasteiger partial charge in [-0.15, -0.1) is 0 Å². The molecule has 3 nitrogen and oxygen atoms in total. The Bertz CT molecular complexity index is 343. The van der Waals surface area contributed by atoms with Crippen LogP contribution < -0.4 is 5.73 Å². The minimum Gasteiger partial charge on any atom is -0.364 e. The summed E-state index contributed by atoms with van der Waals surface area (Å²) in [5.41, 5.74) is 3.67. The molecule has 1 heterocycles. The second-order valence-corrected chi connectivity index (χ2v) is 2.68. The fourth-order valence-corrected chi connectivity index (χ4v) is 0.974. The summed E-state index contributed by atoms with van der Waals surface area (Å²) in [6.45, 7) is 0. The van der Waals surface area contributed by atoms with Crippen LogP contribution in [0.15, 0.2) is 18.3 Å². The monoisotopic (exact) mass is 206 g/mol. The zero-order valence-corrected chi connectivity index (χ0v) is 7.05. The van der Waals surface area contributed by atoms with E-state index in [4.69, 9.17) is 11.6 Å². The molecule has 0 saturated carbocycles. The third-order valence-corrected chi connectivity index (χ3v) is 1.67. The molecule has 6 heteroatoms. The van der Waals surface area contributed by atoms with E-state index in [1.165, 1.54) is 12.1 Å². The Kier molecular flexibility index (Phi) is 2.47. The molecule has 0 saturated heterocycles. The molecule has 2 N–H and O–H groups in total. The Balaban J connectivity index is 3.22. The van der Waals surface area contributed by atoms with Gasteiger partial charge < -0.3 is 5.73 Å². The topological polar surface area (TPSA) is 56.0 Å². The van der Waals surface area contributed by atoms with E-state index >= 15 is 0 Å². The van der Waals surface area contributed by atoms with Crippen LogP contribution in [0.4, 0.5) is 8.78 Å². The van der Waals surface area contributed by atoms with E-state index in [1.807, 2.05) is 0 Å². The molecule has 13 heavy (non-hydrogen) atoms. The molecule has 0 fully saturated rings. The van der Waals surface area contributed by atoms with E-state index in [2.05, 4.69) is 10.7 Å². The normalized spacial score (nSPS) is 11.3. The number of carbonyl (C=O) groups is 1. The van der Waals surface area contributed by atoms with Gasteiger partial charge in [-0.05, 0) is 12.1 Å². The van der Waals surface area contributed by atoms with Crippen molar-refractivity contribution in [2.24, 2.45) is 5.73 Å². The van der Waals surface area contributed by atoms with Gasteiger partial charge in [0.2, 0.25) is 0 Å². The maximum atomic E-state index is 12.9. The second kappa shape index (κ2) is 3.26. The highest BCUT2D eigenvalue weighted by Crippen LogP contribution is 2.30. The van der Waals surface area contributed by atoms with E-state index in [0.29, 0.717) is 0 Å². The summed E-state index contributed by atoms with van der Waals surface area (Å²) < 4.78 is 25.8. The third kappa shape index (κ3) is 1.75. The fraction of sp³-hybridized carbons (Fsp3) is 0.143. The van der Waals surface area contributed by atoms with Crippen molar-refractivity contribution in [1.82, 2.24) is 4.98 Å². The number of halogens is 3. The van der Waals surface area contributed by atoms with E-state index in [9.17, 15) is 13.6 Å². The Morgan fingerprint density at radius 1 is 1.62 bits per heavy atom. The van der Waals surface area contributed by atoms with Crippen LogP contribution in [0.5, 0.6) is 0 Å². The predicted molar refractivity (Wildman–Crippen MR) is 42.3 cm³/mol. The first kappa shape index (κ1) is 9.85. The van der Waals surface area contributed by atoms with Crippen LogP contribution in [-0.4, -0.2) is 10.9 Å². The quantitative estimate of drug-likeness (QED) is 0.793. The summed E-state index contributed by atoms with van der Waals surface area (Å²) in [5.74, 6) is -5.59. The average Bonchev–Trinajstić information content (AvgIpc) is 2.04. The lowest BCUT2D eigenvalue weighted by atomic mass is 10.2. The number of alkyl halides is 2. The Morgan fingerprint density at radius 2 is 2.23 bits per heavy atom. The first-order chi connectivity index (χ1) is 5.96. The molecule has 0 radical (unpaired) electrons. The van der Waals surface area contributed by atoms with E-state index in [1.54, 1.807) is 0 Å². The van der Waals surface area contributed by atoms with Gasteiger partial charge in [0.1, 0.15) is 5.69 Å². The predicted octanol–water partition coefficient (Wildman–Crippen LogP) is 1.31. The summed E-state index contributed by atoms with van der Waals surface area (Å²) in [5, 5.41) is -0.286. The minimum absolute atomic E-state index is 0.286. The maximum absolute atomic E-state index is 12.9. The number of primary amides is 1. The summed E-state index contributed by atoms with van der Waals surface area (Å²) in [6.07, 6.45) is 1.11. The van der Waals surface area contributed by atoms with E-state index in [-0.39, 0.29) is 5.02 Å². The van der Waals surface area contributed by atoms with Gasteiger partial charge in [-0.1, -0.05) is 11.6 Å². The van der Waals surface area contributed by atoms with Crippen LogP contribution >= 0.6 is 11.6 Å². The molecule has 0 aromatic carbocycles. The Labute approximate surface area is 77.5 Å². The number of pyridine rings is 1. The highest BCUT2D eigenvalue weighted by Gasteiger charge is 2.42. The SMILES string of the molecule is NC(=O)C(F)(F)c1ncccc1Cl. The van der Waals surface area contributed by atoms with Crippen LogP contribution in [0.3, 0.4) is 0 Å². The van der Waals surface area contributed by atoms with Crippen LogP contribution in [-0.2, 0) is 10.7 Å². The summed E-state index contributed by atoms with van der Waals surface area (Å²) in [4.78, 5) is 13.6. The van der Waals surface area contributed by atoms with Crippen molar-refractivity contribution in [1.29, 1.82) is 0 Å². The van der Waals surface area contributed by atoms with Crippen molar-refractivity contribution in [2.75, 3.05) is 0 Å². The van der Waals surface area contributed by atoms with Gasteiger partial charge in [0.25, 0.3) is 5.91 Å². The van der Waals surface area contributed by atoms with Gasteiger partial charge in [0.05, 0.1) is 5.02 Å². The number of rotatable bonds is 2. The molecule has 0 aliphatic heterocycles. The number of nitrogens with two attached hydrogens (primary N) is 1. The highest BCUT2D eigenvalue weighted by atomic mass is 35.5. The standard InChI is InChI=1S/C7H5ClF2N2O/c8-4-2-1-3-12-5(4)7(9,10)6(11)13/h1-3H,(H2,11,13). The number of amides is 1. The Hall–Kier alpha value is -1.23. The maximum Gasteiger partial charge on any atom is 0.367 e. The number of hydrogen-bond acceptors (Lipinski definition) is 2. The van der Waals surface area contributed by atoms with Crippen molar-refractivity contribution in [3.8, 4) is 0 Å². The molecule has 70 valence electrons. The molecular formula is C7H5ClF2N2O. The van der Waals surface area contributed by atoms with Crippen LogP contribution in [0.1, 0.15) is 5.69 Å². The van der Waals surface area contributed by atoms with Gasteiger partial charge in [0, 0.05) is 6.20 Å². The van der Waals surface area contributed by atoms with Gasteiger partial charge in [-0.25, -0.2) is 0 Å². The molecular weight excluding hydrogens is 202 g/mol. The van der Waals surface area contributed by atoms with Gasteiger partial charge in [-0.3, -0.25) is 9.78 Å². The lowest BCUT2D eigenvalue weighted by Gasteiger charge is -2.11. The molecule has 0 aliphatic carbocycles. The molecule has 1 rings (SSSR count). The van der Waals surface area contributed by atoms with Crippen molar-refractivity contribution in [3.05, 3.63) is 29.0 Å². The zero-order chi connectivity index (χ0) is 10.1. The van der Waals surface area contributed by atoms with Crippen LogP contribution in [0, 0.1) is 0 Å². The number of nitrogens with zero attached hydrogens (tertiary/aromatic N) is 1. The molecule has 0 spiro atoms. The molecule has 0 aliphatic rings. The second-order valence-electron chi connectivity index (χ2n) is 2.27.